The van der Waals surface area contributed by atoms with Gasteiger partial charge in [-0.05, 0) is 53.2 Å². The van der Waals surface area contributed by atoms with Crippen molar-refractivity contribution in [3.63, 3.8) is 0 Å². The van der Waals surface area contributed by atoms with Crippen molar-refractivity contribution in [2.24, 2.45) is 0 Å². The Morgan fingerprint density at radius 2 is 1.95 bits per heavy atom. The average Bonchev–Trinajstić information content (AvgIpc) is 2.85. The van der Waals surface area contributed by atoms with Crippen LogP contribution in [0.1, 0.15) is 18.7 Å². The molecule has 0 spiro atoms. The maximum atomic E-state index is 12.1. The zero-order valence-corrected chi connectivity index (χ0v) is 14.4. The lowest BCUT2D eigenvalue weighted by Gasteiger charge is -2.15. The molecule has 2 rings (SSSR count). The number of nitrogens with zero attached hydrogens (tertiary/aromatic N) is 1. The van der Waals surface area contributed by atoms with Crippen molar-refractivity contribution in [3.8, 4) is 0 Å². The Hall–Kier alpha value is -1.31. The van der Waals surface area contributed by atoms with E-state index in [-0.39, 0.29) is 10.9 Å². The molecule has 0 radical (unpaired) electrons. The molecule has 0 aliphatic heterocycles. The minimum absolute atomic E-state index is 0.0754. The van der Waals surface area contributed by atoms with Crippen LogP contribution in [0, 0.1) is 0 Å². The molecule has 0 aliphatic rings. The first-order valence-corrected chi connectivity index (χ1v) is 8.58. The van der Waals surface area contributed by atoms with E-state index in [1.807, 2.05) is 25.1 Å². The maximum absolute atomic E-state index is 12.1. The predicted octanol–water partition coefficient (Wildman–Crippen LogP) is 3.47. The largest absolute Gasteiger partial charge is 0.452 e. The van der Waals surface area contributed by atoms with Crippen LogP contribution >= 0.6 is 15.9 Å². The quantitative estimate of drug-likeness (QED) is 0.872. The van der Waals surface area contributed by atoms with Crippen molar-refractivity contribution >= 4 is 31.6 Å². The number of nitrogens with one attached hydrogen (secondary N) is 1. The number of furan rings is 1. The van der Waals surface area contributed by atoms with E-state index in [2.05, 4.69) is 21.2 Å². The number of rotatable bonds is 5. The topological polar surface area (TPSA) is 62.6 Å². The Kier molecular flexibility index (Phi) is 4.75. The lowest BCUT2D eigenvalue weighted by Crippen LogP contribution is -2.22. The molecule has 0 fully saturated rings. The normalized spacial score (nSPS) is 13.4. The number of sulfonamides is 1. The summed E-state index contributed by atoms with van der Waals surface area (Å²) in [6.45, 7) is 1.94. The maximum Gasteiger partial charge on any atom is 0.242 e. The first kappa shape index (κ1) is 16.1. The van der Waals surface area contributed by atoms with Crippen LogP contribution in [-0.2, 0) is 10.0 Å². The van der Waals surface area contributed by atoms with Crippen LogP contribution in [0.4, 0.5) is 5.69 Å². The van der Waals surface area contributed by atoms with Crippen molar-refractivity contribution in [2.45, 2.75) is 17.9 Å². The smallest absolute Gasteiger partial charge is 0.242 e. The molecule has 2 aromatic rings. The Morgan fingerprint density at radius 1 is 1.24 bits per heavy atom. The second kappa shape index (κ2) is 6.21. The second-order valence-electron chi connectivity index (χ2n) is 4.82. The summed E-state index contributed by atoms with van der Waals surface area (Å²) in [6.07, 6.45) is 0. The number of hydrogen-bond acceptors (Lipinski definition) is 4. The molecule has 1 aromatic heterocycles. The van der Waals surface area contributed by atoms with Crippen LogP contribution in [0.3, 0.4) is 0 Å². The highest BCUT2D eigenvalue weighted by atomic mass is 79.9. The van der Waals surface area contributed by atoms with E-state index in [0.29, 0.717) is 4.67 Å². The van der Waals surface area contributed by atoms with Crippen LogP contribution in [0.2, 0.25) is 0 Å². The molecule has 7 heteroatoms. The monoisotopic (exact) mass is 372 g/mol. The Balaban J connectivity index is 2.22. The third-order valence-corrected chi connectivity index (χ3v) is 5.25. The summed E-state index contributed by atoms with van der Waals surface area (Å²) in [5.74, 6) is 0.766. The average molecular weight is 373 g/mol. The lowest BCUT2D eigenvalue weighted by molar-refractivity contribution is 0.471. The van der Waals surface area contributed by atoms with Gasteiger partial charge in [0.15, 0.2) is 4.67 Å². The van der Waals surface area contributed by atoms with E-state index in [1.54, 1.807) is 18.2 Å². The molecule has 0 bridgehead atoms. The van der Waals surface area contributed by atoms with E-state index in [4.69, 9.17) is 4.42 Å². The van der Waals surface area contributed by atoms with Gasteiger partial charge in [0.25, 0.3) is 0 Å². The minimum atomic E-state index is -3.43. The van der Waals surface area contributed by atoms with E-state index in [9.17, 15) is 8.42 Å². The molecule has 1 heterocycles. The minimum Gasteiger partial charge on any atom is -0.452 e. The van der Waals surface area contributed by atoms with Gasteiger partial charge in [0.1, 0.15) is 5.76 Å². The van der Waals surface area contributed by atoms with E-state index in [1.165, 1.54) is 18.4 Å². The van der Waals surface area contributed by atoms with Crippen molar-refractivity contribution in [3.05, 3.63) is 46.8 Å². The van der Waals surface area contributed by atoms with Gasteiger partial charge in [0, 0.05) is 19.8 Å². The summed E-state index contributed by atoms with van der Waals surface area (Å²) in [7, 11) is -0.409. The summed E-state index contributed by atoms with van der Waals surface area (Å²) in [5, 5.41) is 3.23. The van der Waals surface area contributed by atoms with E-state index >= 15 is 0 Å². The Morgan fingerprint density at radius 3 is 2.52 bits per heavy atom. The zero-order valence-electron chi connectivity index (χ0n) is 12.0. The Bertz CT molecular complexity index is 725. The van der Waals surface area contributed by atoms with Gasteiger partial charge < -0.3 is 9.73 Å². The molecule has 1 N–H and O–H groups in total. The molecule has 5 nitrogen and oxygen atoms in total. The van der Waals surface area contributed by atoms with Crippen molar-refractivity contribution in [2.75, 3.05) is 19.4 Å². The number of anilines is 1. The zero-order chi connectivity index (χ0) is 15.6. The third kappa shape index (κ3) is 3.66. The van der Waals surface area contributed by atoms with E-state index in [0.717, 1.165) is 11.4 Å². The van der Waals surface area contributed by atoms with Gasteiger partial charge >= 0.3 is 0 Å². The molecule has 0 amide bonds. The van der Waals surface area contributed by atoms with Crippen LogP contribution in [0.5, 0.6) is 0 Å². The lowest BCUT2D eigenvalue weighted by atomic mass is 10.2. The Labute approximate surface area is 133 Å². The predicted molar refractivity (Wildman–Crippen MR) is 85.8 cm³/mol. The van der Waals surface area contributed by atoms with Gasteiger partial charge in [0.2, 0.25) is 10.0 Å². The highest BCUT2D eigenvalue weighted by Crippen LogP contribution is 2.25. The first-order valence-electron chi connectivity index (χ1n) is 6.35. The molecular formula is C14H17BrN2O3S. The molecule has 1 unspecified atom stereocenters. The van der Waals surface area contributed by atoms with Gasteiger partial charge in [-0.15, -0.1) is 0 Å². The van der Waals surface area contributed by atoms with Crippen LogP contribution in [0.25, 0.3) is 0 Å². The molecule has 0 aliphatic carbocycles. The molecule has 0 saturated heterocycles. The van der Waals surface area contributed by atoms with Gasteiger partial charge in [-0.1, -0.05) is 6.07 Å². The fourth-order valence-electron chi connectivity index (χ4n) is 1.84. The number of benzene rings is 1. The van der Waals surface area contributed by atoms with E-state index < -0.39 is 10.0 Å². The summed E-state index contributed by atoms with van der Waals surface area (Å²) >= 11 is 3.26. The fourth-order valence-corrected chi connectivity index (χ4v) is 3.11. The molecule has 114 valence electrons. The summed E-state index contributed by atoms with van der Waals surface area (Å²) in [4.78, 5) is 0.255. The SMILES string of the molecule is CC(Nc1cccc(S(=O)(=O)N(C)C)c1)c1ccc(Br)o1. The standard InChI is InChI=1S/C14H17BrN2O3S/c1-10(13-7-8-14(15)20-13)16-11-5-4-6-12(9-11)21(18,19)17(2)3/h4-10,16H,1-3H3. The van der Waals surface area contributed by atoms with Crippen LogP contribution in [-0.4, -0.2) is 26.8 Å². The highest BCUT2D eigenvalue weighted by Gasteiger charge is 2.18. The van der Waals surface area contributed by atoms with Gasteiger partial charge in [-0.25, -0.2) is 12.7 Å². The second-order valence-corrected chi connectivity index (χ2v) is 7.76. The van der Waals surface area contributed by atoms with Crippen LogP contribution in [0.15, 0.2) is 50.4 Å². The van der Waals surface area contributed by atoms with Gasteiger partial charge in [-0.3, -0.25) is 0 Å². The van der Waals surface area contributed by atoms with Crippen molar-refractivity contribution in [1.29, 1.82) is 0 Å². The third-order valence-electron chi connectivity index (χ3n) is 3.02. The number of halogens is 1. The molecule has 1 atom stereocenters. The van der Waals surface area contributed by atoms with Crippen molar-refractivity contribution < 1.29 is 12.8 Å². The number of hydrogen-bond donors (Lipinski definition) is 1. The van der Waals surface area contributed by atoms with Crippen molar-refractivity contribution in [1.82, 2.24) is 4.31 Å². The fraction of sp³-hybridized carbons (Fsp3) is 0.286. The summed E-state index contributed by atoms with van der Waals surface area (Å²) < 4.78 is 31.6. The van der Waals surface area contributed by atoms with Gasteiger partial charge in [0.05, 0.1) is 10.9 Å². The first-order chi connectivity index (χ1) is 9.80. The molecule has 1 aromatic carbocycles. The highest BCUT2D eigenvalue weighted by molar-refractivity contribution is 9.10. The molecule has 21 heavy (non-hydrogen) atoms. The molecule has 0 saturated carbocycles. The summed E-state index contributed by atoms with van der Waals surface area (Å²) in [5.41, 5.74) is 0.720. The van der Waals surface area contributed by atoms with Crippen LogP contribution < -0.4 is 5.32 Å². The summed E-state index contributed by atoms with van der Waals surface area (Å²) in [6, 6.07) is 10.3. The van der Waals surface area contributed by atoms with Gasteiger partial charge in [-0.2, -0.15) is 0 Å². The molecular weight excluding hydrogens is 356 g/mol.